The second-order valence-electron chi connectivity index (χ2n) is 8.00. The number of rotatable bonds is 8. The monoisotopic (exact) mass is 550 g/mol. The van der Waals surface area contributed by atoms with Crippen molar-refractivity contribution in [1.82, 2.24) is 16.0 Å². The Morgan fingerprint density at radius 1 is 1.09 bits per heavy atom. The van der Waals surface area contributed by atoms with Crippen molar-refractivity contribution in [3.63, 3.8) is 0 Å². The van der Waals surface area contributed by atoms with Crippen LogP contribution in [0, 0.1) is 0 Å². The molecule has 0 saturated heterocycles. The second-order valence-corrected chi connectivity index (χ2v) is 8.00. The van der Waals surface area contributed by atoms with E-state index in [0.717, 1.165) is 61.9 Å². The van der Waals surface area contributed by atoms with Gasteiger partial charge in [-0.25, -0.2) is 0 Å². The van der Waals surface area contributed by atoms with Crippen molar-refractivity contribution in [2.24, 2.45) is 4.99 Å². The van der Waals surface area contributed by atoms with E-state index in [1.54, 1.807) is 7.05 Å². The van der Waals surface area contributed by atoms with E-state index in [4.69, 9.17) is 14.5 Å². The number of guanidine groups is 1. The van der Waals surface area contributed by atoms with Crippen LogP contribution in [0.4, 0.5) is 0 Å². The maximum atomic E-state index is 11.8. The van der Waals surface area contributed by atoms with Crippen LogP contribution >= 0.6 is 24.0 Å². The Labute approximate surface area is 206 Å². The summed E-state index contributed by atoms with van der Waals surface area (Å²) in [7, 11) is 1.64. The molecule has 1 amide bonds. The van der Waals surface area contributed by atoms with E-state index in [-0.39, 0.29) is 35.3 Å². The van der Waals surface area contributed by atoms with Crippen LogP contribution in [0.25, 0.3) is 0 Å². The van der Waals surface area contributed by atoms with Crippen LogP contribution in [0.1, 0.15) is 41.3 Å². The first-order valence-electron chi connectivity index (χ1n) is 10.9. The summed E-state index contributed by atoms with van der Waals surface area (Å²) in [6.07, 6.45) is 3.06. The lowest BCUT2D eigenvalue weighted by Crippen LogP contribution is -2.39. The molecular formula is C24H31IN4O3. The Bertz CT molecular complexity index is 975. The first-order chi connectivity index (χ1) is 15.1. The second kappa shape index (κ2) is 10.9. The number of hydrogen-bond donors (Lipinski definition) is 3. The lowest BCUT2D eigenvalue weighted by Gasteiger charge is -2.16. The Hall–Kier alpha value is -2.49. The lowest BCUT2D eigenvalue weighted by atomic mass is 9.96. The van der Waals surface area contributed by atoms with Crippen molar-refractivity contribution in [3.8, 4) is 11.5 Å². The molecule has 0 radical (unpaired) electrons. The van der Waals surface area contributed by atoms with Gasteiger partial charge in [-0.05, 0) is 61.6 Å². The summed E-state index contributed by atoms with van der Waals surface area (Å²) in [5, 5.41) is 9.42. The molecule has 32 heavy (non-hydrogen) atoms. The van der Waals surface area contributed by atoms with Crippen molar-refractivity contribution >= 4 is 35.8 Å². The van der Waals surface area contributed by atoms with Gasteiger partial charge < -0.3 is 25.4 Å². The maximum absolute atomic E-state index is 11.8. The predicted molar refractivity (Wildman–Crippen MR) is 136 cm³/mol. The van der Waals surface area contributed by atoms with Gasteiger partial charge in [0.05, 0.1) is 6.54 Å². The van der Waals surface area contributed by atoms with E-state index in [2.05, 4.69) is 35.0 Å². The van der Waals surface area contributed by atoms with E-state index < -0.39 is 0 Å². The van der Waals surface area contributed by atoms with Gasteiger partial charge in [0.1, 0.15) is 0 Å². The molecule has 1 fully saturated rings. The number of amides is 1. The molecule has 0 aromatic heterocycles. The fourth-order valence-electron chi connectivity index (χ4n) is 3.83. The minimum Gasteiger partial charge on any atom is -0.454 e. The van der Waals surface area contributed by atoms with Gasteiger partial charge in [-0.2, -0.15) is 0 Å². The minimum absolute atomic E-state index is 0. The van der Waals surface area contributed by atoms with E-state index in [0.29, 0.717) is 12.4 Å². The Balaban J connectivity index is 0.00000289. The van der Waals surface area contributed by atoms with Crippen LogP contribution in [-0.4, -0.2) is 45.3 Å². The third-order valence-electron chi connectivity index (χ3n) is 5.84. The van der Waals surface area contributed by atoms with Gasteiger partial charge in [0, 0.05) is 31.1 Å². The van der Waals surface area contributed by atoms with Crippen LogP contribution < -0.4 is 25.4 Å². The van der Waals surface area contributed by atoms with Gasteiger partial charge in [0.25, 0.3) is 5.91 Å². The molecule has 1 heterocycles. The van der Waals surface area contributed by atoms with Crippen molar-refractivity contribution in [2.75, 3.05) is 33.5 Å². The molecule has 1 aliphatic heterocycles. The molecule has 3 N–H and O–H groups in total. The molecule has 7 nitrogen and oxygen atoms in total. The normalized spacial score (nSPS) is 15.5. The van der Waals surface area contributed by atoms with Crippen LogP contribution in [0.2, 0.25) is 0 Å². The number of carbonyl (C=O) groups excluding carboxylic acids is 1. The molecule has 1 aliphatic carbocycles. The third kappa shape index (κ3) is 5.65. The van der Waals surface area contributed by atoms with E-state index >= 15 is 0 Å². The van der Waals surface area contributed by atoms with Gasteiger partial charge in [0.15, 0.2) is 17.5 Å². The summed E-state index contributed by atoms with van der Waals surface area (Å²) in [5.41, 5.74) is 3.15. The molecule has 0 spiro atoms. The summed E-state index contributed by atoms with van der Waals surface area (Å²) in [6, 6.07) is 14.0. The number of fused-ring (bicyclic) bond motifs is 1. The maximum Gasteiger partial charge on any atom is 0.251 e. The number of benzene rings is 2. The van der Waals surface area contributed by atoms with Gasteiger partial charge in [-0.3, -0.25) is 9.79 Å². The molecule has 0 unspecified atom stereocenters. The Morgan fingerprint density at radius 3 is 2.66 bits per heavy atom. The number of aliphatic imine (C=N–C) groups is 1. The number of nitrogens with zero attached hydrogens (tertiary/aromatic N) is 1. The molecule has 8 heteroatoms. The number of halogens is 1. The molecule has 2 aliphatic rings. The van der Waals surface area contributed by atoms with Crippen molar-refractivity contribution in [2.45, 2.75) is 31.6 Å². The van der Waals surface area contributed by atoms with Gasteiger partial charge >= 0.3 is 0 Å². The van der Waals surface area contributed by atoms with Crippen LogP contribution in [0.5, 0.6) is 11.5 Å². The molecule has 172 valence electrons. The zero-order valence-electron chi connectivity index (χ0n) is 18.6. The van der Waals surface area contributed by atoms with Crippen LogP contribution in [0.15, 0.2) is 47.5 Å². The fraction of sp³-hybridized carbons (Fsp3) is 0.417. The standard InChI is InChI=1S/C24H30N4O3.HI/c1-3-26-23(27-12-9-17-5-4-6-18(13-17)22(29)25-2)28-15-24(10-11-24)19-7-8-20-21(14-19)31-16-30-20;/h4-8,13-14H,3,9-12,15-16H2,1-2H3,(H,25,29)(H2,26,27,28);1H. The number of hydrogen-bond acceptors (Lipinski definition) is 4. The summed E-state index contributed by atoms with van der Waals surface area (Å²) in [4.78, 5) is 16.7. The van der Waals surface area contributed by atoms with Gasteiger partial charge in [-0.15, -0.1) is 24.0 Å². The fourth-order valence-corrected chi connectivity index (χ4v) is 3.83. The van der Waals surface area contributed by atoms with Gasteiger partial charge in [0.2, 0.25) is 6.79 Å². The molecule has 2 aromatic rings. The zero-order valence-corrected chi connectivity index (χ0v) is 20.9. The Kier molecular flexibility index (Phi) is 8.22. The number of ether oxygens (including phenoxy) is 2. The number of nitrogens with one attached hydrogen (secondary N) is 3. The van der Waals surface area contributed by atoms with Gasteiger partial charge in [-0.1, -0.05) is 18.2 Å². The predicted octanol–water partition coefficient (Wildman–Crippen LogP) is 3.22. The van der Waals surface area contributed by atoms with E-state index in [9.17, 15) is 4.79 Å². The molecular weight excluding hydrogens is 519 g/mol. The summed E-state index contributed by atoms with van der Waals surface area (Å²) >= 11 is 0. The molecule has 1 saturated carbocycles. The highest BCUT2D eigenvalue weighted by atomic mass is 127. The highest BCUT2D eigenvalue weighted by Gasteiger charge is 2.44. The summed E-state index contributed by atoms with van der Waals surface area (Å²) < 4.78 is 11.0. The molecule has 0 atom stereocenters. The topological polar surface area (TPSA) is 84.0 Å². The first kappa shape index (κ1) is 24.2. The van der Waals surface area contributed by atoms with E-state index in [1.165, 1.54) is 5.56 Å². The van der Waals surface area contributed by atoms with E-state index in [1.807, 2.05) is 30.3 Å². The lowest BCUT2D eigenvalue weighted by molar-refractivity contribution is 0.0963. The largest absolute Gasteiger partial charge is 0.454 e. The average Bonchev–Trinajstić information content (AvgIpc) is 3.45. The minimum atomic E-state index is -0.0667. The van der Waals surface area contributed by atoms with Crippen molar-refractivity contribution in [3.05, 3.63) is 59.2 Å². The first-order valence-corrected chi connectivity index (χ1v) is 10.9. The van der Waals surface area contributed by atoms with Crippen LogP contribution in [-0.2, 0) is 11.8 Å². The quantitative estimate of drug-likeness (QED) is 0.267. The molecule has 0 bridgehead atoms. The van der Waals surface area contributed by atoms with Crippen molar-refractivity contribution in [1.29, 1.82) is 0 Å². The average molecular weight is 550 g/mol. The zero-order chi connectivity index (χ0) is 21.7. The summed E-state index contributed by atoms with van der Waals surface area (Å²) in [6.45, 7) is 4.63. The highest BCUT2D eigenvalue weighted by molar-refractivity contribution is 14.0. The summed E-state index contributed by atoms with van der Waals surface area (Å²) in [5.74, 6) is 2.40. The number of carbonyl (C=O) groups is 1. The highest BCUT2D eigenvalue weighted by Crippen LogP contribution is 2.50. The van der Waals surface area contributed by atoms with Crippen molar-refractivity contribution < 1.29 is 14.3 Å². The Morgan fingerprint density at radius 2 is 1.91 bits per heavy atom. The third-order valence-corrected chi connectivity index (χ3v) is 5.84. The molecule has 2 aromatic carbocycles. The van der Waals surface area contributed by atoms with Crippen LogP contribution in [0.3, 0.4) is 0 Å². The molecule has 4 rings (SSSR count). The SMILES string of the molecule is CCNC(=NCC1(c2ccc3c(c2)OCO3)CC1)NCCc1cccc(C(=O)NC)c1.I. The smallest absolute Gasteiger partial charge is 0.251 e.